The zero-order valence-corrected chi connectivity index (χ0v) is 16.7. The molecule has 1 aliphatic heterocycles. The summed E-state index contributed by atoms with van der Waals surface area (Å²) < 4.78 is 5.17. The molecule has 1 saturated heterocycles. The highest BCUT2D eigenvalue weighted by molar-refractivity contribution is 5.93. The van der Waals surface area contributed by atoms with E-state index in [-0.39, 0.29) is 17.3 Å². The fourth-order valence-electron chi connectivity index (χ4n) is 3.74. The Labute approximate surface area is 170 Å². The molecule has 0 unspecified atom stereocenters. The second-order valence-corrected chi connectivity index (χ2v) is 7.43. The summed E-state index contributed by atoms with van der Waals surface area (Å²) in [5, 5.41) is 13.7. The molecule has 0 spiro atoms. The molecule has 29 heavy (non-hydrogen) atoms. The Balaban J connectivity index is 1.44. The van der Waals surface area contributed by atoms with Crippen LogP contribution in [0.3, 0.4) is 0 Å². The minimum atomic E-state index is -0.490. The number of carbonyl (C=O) groups is 1. The molecule has 1 heterocycles. The van der Waals surface area contributed by atoms with Crippen molar-refractivity contribution in [1.29, 1.82) is 0 Å². The summed E-state index contributed by atoms with van der Waals surface area (Å²) in [7, 11) is 1.43. The highest BCUT2D eigenvalue weighted by atomic mass is 16.6. The number of rotatable bonds is 8. The number of non-ortho nitro benzene ring substituents is 1. The molecule has 2 aromatic carbocycles. The summed E-state index contributed by atoms with van der Waals surface area (Å²) in [6.07, 6.45) is 4.48. The van der Waals surface area contributed by atoms with Crippen LogP contribution in [0, 0.1) is 16.0 Å². The Hall–Kier alpha value is -2.93. The maximum Gasteiger partial charge on any atom is 0.273 e. The number of amides is 1. The van der Waals surface area contributed by atoms with Gasteiger partial charge in [0, 0.05) is 6.07 Å². The molecule has 0 aliphatic carbocycles. The van der Waals surface area contributed by atoms with Gasteiger partial charge in [0.2, 0.25) is 5.91 Å². The second kappa shape index (κ2) is 10.0. The number of hydrogen-bond donors (Lipinski definition) is 1. The number of piperidine rings is 1. The number of carbonyl (C=O) groups excluding carboxylic acids is 1. The minimum Gasteiger partial charge on any atom is -0.494 e. The number of aryl methyl sites for hydroxylation is 1. The van der Waals surface area contributed by atoms with Crippen molar-refractivity contribution in [3.05, 3.63) is 64.2 Å². The molecule has 3 rings (SSSR count). The van der Waals surface area contributed by atoms with Gasteiger partial charge in [-0.3, -0.25) is 19.8 Å². The Morgan fingerprint density at radius 3 is 2.59 bits per heavy atom. The van der Waals surface area contributed by atoms with E-state index in [9.17, 15) is 14.9 Å². The SMILES string of the molecule is COc1cc([N+](=O)[O-])ccc1NC(=O)CN1CCC(CCc2ccccc2)CC1. The average Bonchev–Trinajstić information content (AvgIpc) is 2.74. The number of nitrogens with one attached hydrogen (secondary N) is 1. The Bertz CT molecular complexity index is 833. The summed E-state index contributed by atoms with van der Waals surface area (Å²) in [5.74, 6) is 0.844. The quantitative estimate of drug-likeness (QED) is 0.540. The molecule has 0 atom stereocenters. The highest BCUT2D eigenvalue weighted by Gasteiger charge is 2.21. The van der Waals surface area contributed by atoms with Crippen LogP contribution in [0.15, 0.2) is 48.5 Å². The third-order valence-corrected chi connectivity index (χ3v) is 5.43. The average molecular weight is 397 g/mol. The topological polar surface area (TPSA) is 84.7 Å². The molecule has 7 nitrogen and oxygen atoms in total. The molecule has 2 aromatic rings. The second-order valence-electron chi connectivity index (χ2n) is 7.43. The van der Waals surface area contributed by atoms with Crippen LogP contribution in [0.25, 0.3) is 0 Å². The smallest absolute Gasteiger partial charge is 0.273 e. The lowest BCUT2D eigenvalue weighted by Gasteiger charge is -2.31. The number of nitro benzene ring substituents is 1. The van der Waals surface area contributed by atoms with Crippen LogP contribution >= 0.6 is 0 Å². The first kappa shape index (κ1) is 20.8. The molecule has 0 aromatic heterocycles. The fourth-order valence-corrected chi connectivity index (χ4v) is 3.74. The van der Waals surface area contributed by atoms with E-state index < -0.39 is 4.92 Å². The van der Waals surface area contributed by atoms with Gasteiger partial charge in [-0.05, 0) is 56.3 Å². The van der Waals surface area contributed by atoms with E-state index in [4.69, 9.17) is 4.74 Å². The third-order valence-electron chi connectivity index (χ3n) is 5.43. The third kappa shape index (κ3) is 6.02. The van der Waals surface area contributed by atoms with Crippen molar-refractivity contribution in [3.63, 3.8) is 0 Å². The predicted molar refractivity (Wildman–Crippen MR) is 112 cm³/mol. The van der Waals surface area contributed by atoms with Crippen molar-refractivity contribution in [1.82, 2.24) is 4.90 Å². The lowest BCUT2D eigenvalue weighted by molar-refractivity contribution is -0.384. The van der Waals surface area contributed by atoms with Crippen molar-refractivity contribution in [2.24, 2.45) is 5.92 Å². The summed E-state index contributed by atoms with van der Waals surface area (Å²) in [6.45, 7) is 2.13. The van der Waals surface area contributed by atoms with E-state index in [2.05, 4.69) is 34.5 Å². The van der Waals surface area contributed by atoms with Crippen LogP contribution in [0.1, 0.15) is 24.8 Å². The molecule has 0 saturated carbocycles. The van der Waals surface area contributed by atoms with Gasteiger partial charge >= 0.3 is 0 Å². The number of methoxy groups -OCH3 is 1. The van der Waals surface area contributed by atoms with Crippen LogP contribution in [0.5, 0.6) is 5.75 Å². The van der Waals surface area contributed by atoms with E-state index in [1.54, 1.807) is 0 Å². The monoisotopic (exact) mass is 397 g/mol. The molecule has 1 amide bonds. The van der Waals surface area contributed by atoms with Crippen LogP contribution < -0.4 is 10.1 Å². The number of hydrogen-bond acceptors (Lipinski definition) is 5. The highest BCUT2D eigenvalue weighted by Crippen LogP contribution is 2.29. The van der Waals surface area contributed by atoms with Crippen LogP contribution in [-0.2, 0) is 11.2 Å². The summed E-state index contributed by atoms with van der Waals surface area (Å²) in [6, 6.07) is 14.7. The van der Waals surface area contributed by atoms with E-state index in [0.717, 1.165) is 32.4 Å². The number of ether oxygens (including phenoxy) is 1. The van der Waals surface area contributed by atoms with E-state index >= 15 is 0 Å². The first-order valence-electron chi connectivity index (χ1n) is 9.93. The molecule has 7 heteroatoms. The van der Waals surface area contributed by atoms with Crippen molar-refractivity contribution < 1.29 is 14.5 Å². The predicted octanol–water partition coefficient (Wildman–Crippen LogP) is 3.89. The van der Waals surface area contributed by atoms with Gasteiger partial charge in [0.05, 0.1) is 30.3 Å². The summed E-state index contributed by atoms with van der Waals surface area (Å²) in [5.41, 5.74) is 1.75. The van der Waals surface area contributed by atoms with Gasteiger partial charge in [0.15, 0.2) is 0 Å². The van der Waals surface area contributed by atoms with E-state index in [1.165, 1.54) is 37.3 Å². The fraction of sp³-hybridized carbons (Fsp3) is 0.409. The Morgan fingerprint density at radius 1 is 1.21 bits per heavy atom. The molecular formula is C22H27N3O4. The van der Waals surface area contributed by atoms with Gasteiger partial charge in [-0.25, -0.2) is 0 Å². The normalized spacial score (nSPS) is 15.1. The van der Waals surface area contributed by atoms with Crippen molar-refractivity contribution in [3.8, 4) is 5.75 Å². The number of nitrogens with zero attached hydrogens (tertiary/aromatic N) is 2. The van der Waals surface area contributed by atoms with Gasteiger partial charge in [0.1, 0.15) is 5.75 Å². The maximum atomic E-state index is 12.4. The van der Waals surface area contributed by atoms with Gasteiger partial charge in [-0.2, -0.15) is 0 Å². The Kier molecular flexibility index (Phi) is 7.19. The minimum absolute atomic E-state index is 0.0718. The standard InChI is InChI=1S/C22H27N3O4/c1-29-21-15-19(25(27)28)9-10-20(21)23-22(26)16-24-13-11-18(12-14-24)8-7-17-5-3-2-4-6-17/h2-6,9-10,15,18H,7-8,11-14,16H2,1H3,(H,23,26). The van der Waals surface area contributed by atoms with Crippen molar-refractivity contribution >= 4 is 17.3 Å². The number of benzene rings is 2. The lowest BCUT2D eigenvalue weighted by Crippen LogP contribution is -2.39. The first-order chi connectivity index (χ1) is 14.0. The lowest BCUT2D eigenvalue weighted by atomic mass is 9.90. The summed E-state index contributed by atoms with van der Waals surface area (Å²) in [4.78, 5) is 25.0. The van der Waals surface area contributed by atoms with Crippen LogP contribution in [0.2, 0.25) is 0 Å². The molecular weight excluding hydrogens is 370 g/mol. The van der Waals surface area contributed by atoms with Crippen molar-refractivity contribution in [2.75, 3.05) is 32.1 Å². The van der Waals surface area contributed by atoms with E-state index in [0.29, 0.717) is 18.2 Å². The molecule has 0 bridgehead atoms. The van der Waals surface area contributed by atoms with Gasteiger partial charge in [-0.1, -0.05) is 30.3 Å². The Morgan fingerprint density at radius 2 is 1.93 bits per heavy atom. The number of nitro groups is 1. The molecule has 0 radical (unpaired) electrons. The van der Waals surface area contributed by atoms with Crippen LogP contribution in [0.4, 0.5) is 11.4 Å². The first-order valence-corrected chi connectivity index (χ1v) is 9.93. The molecule has 154 valence electrons. The van der Waals surface area contributed by atoms with Gasteiger partial charge in [-0.15, -0.1) is 0 Å². The molecule has 1 fully saturated rings. The number of anilines is 1. The largest absolute Gasteiger partial charge is 0.494 e. The maximum absolute atomic E-state index is 12.4. The molecule has 1 N–H and O–H groups in total. The summed E-state index contributed by atoms with van der Waals surface area (Å²) >= 11 is 0. The zero-order chi connectivity index (χ0) is 20.6. The number of likely N-dealkylation sites (tertiary alicyclic amines) is 1. The van der Waals surface area contributed by atoms with Gasteiger partial charge in [0.25, 0.3) is 5.69 Å². The van der Waals surface area contributed by atoms with E-state index in [1.807, 2.05) is 6.07 Å². The van der Waals surface area contributed by atoms with Crippen LogP contribution in [-0.4, -0.2) is 42.5 Å². The zero-order valence-electron chi connectivity index (χ0n) is 16.7. The van der Waals surface area contributed by atoms with Gasteiger partial charge < -0.3 is 10.1 Å². The molecule has 1 aliphatic rings. The van der Waals surface area contributed by atoms with Crippen molar-refractivity contribution in [2.45, 2.75) is 25.7 Å².